The van der Waals surface area contributed by atoms with Crippen molar-refractivity contribution >= 4 is 15.7 Å². The van der Waals surface area contributed by atoms with Crippen LogP contribution in [0.15, 0.2) is 29.2 Å². The van der Waals surface area contributed by atoms with Gasteiger partial charge in [0, 0.05) is 31.4 Å². The minimum absolute atomic E-state index is 0.317. The smallest absolute Gasteiger partial charge is 0.240 e. The van der Waals surface area contributed by atoms with Crippen molar-refractivity contribution in [2.75, 3.05) is 25.0 Å². The molecule has 1 aromatic carbocycles. The van der Waals surface area contributed by atoms with E-state index in [1.807, 2.05) is 12.1 Å². The molecule has 1 aliphatic heterocycles. The maximum Gasteiger partial charge on any atom is 0.240 e. The van der Waals surface area contributed by atoms with Crippen LogP contribution >= 0.6 is 0 Å². The van der Waals surface area contributed by atoms with Gasteiger partial charge in [0.15, 0.2) is 0 Å². The van der Waals surface area contributed by atoms with E-state index in [-0.39, 0.29) is 0 Å². The van der Waals surface area contributed by atoms with E-state index in [0.29, 0.717) is 17.5 Å². The highest BCUT2D eigenvalue weighted by atomic mass is 32.2. The Balaban J connectivity index is 1.66. The van der Waals surface area contributed by atoms with Crippen LogP contribution in [0.4, 0.5) is 5.69 Å². The number of hydrogen-bond donors (Lipinski definition) is 3. The fourth-order valence-corrected chi connectivity index (χ4v) is 3.87. The quantitative estimate of drug-likeness (QED) is 0.740. The van der Waals surface area contributed by atoms with Crippen LogP contribution in [0.1, 0.15) is 6.92 Å². The van der Waals surface area contributed by atoms with E-state index in [4.69, 9.17) is 0 Å². The van der Waals surface area contributed by atoms with Gasteiger partial charge in [0.25, 0.3) is 0 Å². The zero-order chi connectivity index (χ0) is 13.5. The van der Waals surface area contributed by atoms with Crippen LogP contribution in [0.3, 0.4) is 0 Å². The van der Waals surface area contributed by atoms with Gasteiger partial charge in [-0.05, 0) is 36.1 Å². The molecule has 0 aromatic heterocycles. The molecular weight excluding hydrogens is 262 g/mol. The summed E-state index contributed by atoms with van der Waals surface area (Å²) in [5.74, 6) is 1.48. The summed E-state index contributed by atoms with van der Waals surface area (Å²) in [6.45, 7) is 4.36. The van der Waals surface area contributed by atoms with Gasteiger partial charge in [-0.25, -0.2) is 13.1 Å². The zero-order valence-electron chi connectivity index (χ0n) is 10.9. The molecule has 6 heteroatoms. The second-order valence-electron chi connectivity index (χ2n) is 5.18. The molecule has 1 saturated carbocycles. The van der Waals surface area contributed by atoms with E-state index >= 15 is 0 Å². The maximum atomic E-state index is 11.8. The third kappa shape index (κ3) is 2.48. The van der Waals surface area contributed by atoms with Crippen molar-refractivity contribution in [1.29, 1.82) is 0 Å². The standard InChI is InChI=1S/C13H19N3O2S/c1-2-15-19(17,18)10-5-3-9(4-6-10)16-13-11-7-14-8-12(11)13/h3-6,11-16H,2,7-8H2,1H3. The summed E-state index contributed by atoms with van der Waals surface area (Å²) in [5, 5.41) is 6.83. The van der Waals surface area contributed by atoms with Gasteiger partial charge in [-0.2, -0.15) is 0 Å². The summed E-state index contributed by atoms with van der Waals surface area (Å²) in [6.07, 6.45) is 0. The largest absolute Gasteiger partial charge is 0.382 e. The first-order chi connectivity index (χ1) is 9.12. The van der Waals surface area contributed by atoms with E-state index in [9.17, 15) is 8.42 Å². The Labute approximate surface area is 113 Å². The molecule has 0 amide bonds. The lowest BCUT2D eigenvalue weighted by molar-refractivity contribution is 0.584. The van der Waals surface area contributed by atoms with Crippen molar-refractivity contribution < 1.29 is 8.42 Å². The molecule has 19 heavy (non-hydrogen) atoms. The van der Waals surface area contributed by atoms with Gasteiger partial charge in [0.05, 0.1) is 4.90 Å². The Morgan fingerprint density at radius 1 is 1.21 bits per heavy atom. The molecule has 1 heterocycles. The lowest BCUT2D eigenvalue weighted by atomic mass is 10.3. The second-order valence-corrected chi connectivity index (χ2v) is 6.95. The van der Waals surface area contributed by atoms with Crippen LogP contribution < -0.4 is 15.4 Å². The van der Waals surface area contributed by atoms with Gasteiger partial charge in [0.1, 0.15) is 0 Å². The number of rotatable bonds is 5. The fourth-order valence-electron chi connectivity index (χ4n) is 2.83. The number of nitrogens with one attached hydrogen (secondary N) is 3. The Kier molecular flexibility index (Phi) is 3.24. The van der Waals surface area contributed by atoms with Gasteiger partial charge >= 0.3 is 0 Å². The first-order valence-corrected chi connectivity index (χ1v) is 8.17. The van der Waals surface area contributed by atoms with Crippen molar-refractivity contribution in [3.05, 3.63) is 24.3 Å². The number of anilines is 1. The fraction of sp³-hybridized carbons (Fsp3) is 0.538. The van der Waals surface area contributed by atoms with Crippen molar-refractivity contribution in [3.63, 3.8) is 0 Å². The Hall–Kier alpha value is -1.11. The molecule has 0 radical (unpaired) electrons. The summed E-state index contributed by atoms with van der Waals surface area (Å²) in [5.41, 5.74) is 0.995. The maximum absolute atomic E-state index is 11.8. The summed E-state index contributed by atoms with van der Waals surface area (Å²) in [4.78, 5) is 0.317. The van der Waals surface area contributed by atoms with Gasteiger partial charge in [-0.15, -0.1) is 0 Å². The third-order valence-electron chi connectivity index (χ3n) is 3.92. The number of benzene rings is 1. The average molecular weight is 281 g/mol. The molecule has 3 N–H and O–H groups in total. The highest BCUT2D eigenvalue weighted by molar-refractivity contribution is 7.89. The second kappa shape index (κ2) is 4.77. The zero-order valence-corrected chi connectivity index (χ0v) is 11.7. The summed E-state index contributed by atoms with van der Waals surface area (Å²) in [7, 11) is -3.34. The van der Waals surface area contributed by atoms with Gasteiger partial charge in [0.2, 0.25) is 10.0 Å². The number of sulfonamides is 1. The molecule has 104 valence electrons. The minimum Gasteiger partial charge on any atom is -0.382 e. The third-order valence-corrected chi connectivity index (χ3v) is 5.49. The molecule has 1 aromatic rings. The number of piperidine rings is 1. The van der Waals surface area contributed by atoms with Gasteiger partial charge < -0.3 is 10.6 Å². The normalized spacial score (nSPS) is 29.0. The molecule has 1 aliphatic carbocycles. The van der Waals surface area contributed by atoms with Crippen LogP contribution in [0.2, 0.25) is 0 Å². The Bertz CT molecular complexity index is 546. The molecule has 5 nitrogen and oxygen atoms in total. The highest BCUT2D eigenvalue weighted by Crippen LogP contribution is 2.43. The predicted molar refractivity (Wildman–Crippen MR) is 74.6 cm³/mol. The van der Waals surface area contributed by atoms with Crippen LogP contribution in [0.25, 0.3) is 0 Å². The van der Waals surface area contributed by atoms with Gasteiger partial charge in [-0.1, -0.05) is 6.92 Å². The minimum atomic E-state index is -3.34. The summed E-state index contributed by atoms with van der Waals surface area (Å²) in [6, 6.07) is 7.53. The topological polar surface area (TPSA) is 70.2 Å². The van der Waals surface area contributed by atoms with Crippen LogP contribution in [0.5, 0.6) is 0 Å². The van der Waals surface area contributed by atoms with E-state index in [1.165, 1.54) is 0 Å². The Morgan fingerprint density at radius 3 is 2.42 bits per heavy atom. The lowest BCUT2D eigenvalue weighted by Gasteiger charge is -2.10. The molecular formula is C13H19N3O2S. The molecule has 0 spiro atoms. The predicted octanol–water partition coefficient (Wildman–Crippen LogP) is 0.614. The van der Waals surface area contributed by atoms with Crippen LogP contribution in [-0.2, 0) is 10.0 Å². The lowest BCUT2D eigenvalue weighted by Crippen LogP contribution is -2.23. The van der Waals surface area contributed by atoms with Crippen molar-refractivity contribution in [2.45, 2.75) is 17.9 Å². The molecule has 0 bridgehead atoms. The van der Waals surface area contributed by atoms with Crippen LogP contribution in [-0.4, -0.2) is 34.1 Å². The first-order valence-electron chi connectivity index (χ1n) is 6.69. The van der Waals surface area contributed by atoms with Gasteiger partial charge in [-0.3, -0.25) is 0 Å². The van der Waals surface area contributed by atoms with Crippen LogP contribution in [0, 0.1) is 11.8 Å². The summed E-state index contributed by atoms with van der Waals surface area (Å²) >= 11 is 0. The molecule has 3 rings (SSSR count). The summed E-state index contributed by atoms with van der Waals surface area (Å²) < 4.78 is 26.1. The van der Waals surface area contributed by atoms with E-state index in [2.05, 4.69) is 15.4 Å². The van der Waals surface area contributed by atoms with E-state index in [0.717, 1.165) is 30.6 Å². The van der Waals surface area contributed by atoms with E-state index in [1.54, 1.807) is 19.1 Å². The first kappa shape index (κ1) is 12.9. The molecule has 2 unspecified atom stereocenters. The Morgan fingerprint density at radius 2 is 1.84 bits per heavy atom. The molecule has 2 atom stereocenters. The molecule has 1 saturated heterocycles. The van der Waals surface area contributed by atoms with Crippen molar-refractivity contribution in [1.82, 2.24) is 10.0 Å². The monoisotopic (exact) mass is 281 g/mol. The number of fused-ring (bicyclic) bond motifs is 1. The highest BCUT2D eigenvalue weighted by Gasteiger charge is 2.52. The number of hydrogen-bond acceptors (Lipinski definition) is 4. The SMILES string of the molecule is CCNS(=O)(=O)c1ccc(NC2C3CNCC32)cc1. The van der Waals surface area contributed by atoms with Crippen molar-refractivity contribution in [3.8, 4) is 0 Å². The average Bonchev–Trinajstić information content (AvgIpc) is 2.84. The molecule has 2 fully saturated rings. The van der Waals surface area contributed by atoms with Crippen molar-refractivity contribution in [2.24, 2.45) is 11.8 Å². The van der Waals surface area contributed by atoms with E-state index < -0.39 is 10.0 Å². The molecule has 2 aliphatic rings.